The zero-order chi connectivity index (χ0) is 14.3. The van der Waals surface area contributed by atoms with Gasteiger partial charge >= 0.3 is 6.61 Å². The average Bonchev–Trinajstić information content (AvgIpc) is 2.37. The first kappa shape index (κ1) is 14.9. The molecule has 0 radical (unpaired) electrons. The maximum atomic E-state index is 12.0. The topological polar surface area (TPSA) is 30.8 Å². The van der Waals surface area contributed by atoms with Crippen LogP contribution in [0.4, 0.5) is 8.78 Å². The van der Waals surface area contributed by atoms with E-state index in [1.54, 1.807) is 19.2 Å². The van der Waals surface area contributed by atoms with Gasteiger partial charge in [0, 0.05) is 6.20 Å². The molecule has 0 bridgehead atoms. The van der Waals surface area contributed by atoms with Crippen LogP contribution in [-0.4, -0.2) is 12.3 Å². The smallest absolute Gasteiger partial charge is 0.387 e. The summed E-state index contributed by atoms with van der Waals surface area (Å²) in [5.74, 6) is 0.939. The lowest BCUT2D eigenvalue weighted by molar-refractivity contribution is -0.0498. The van der Waals surface area contributed by atoms with Crippen molar-refractivity contribution < 1.29 is 18.3 Å². The fraction of sp³-hybridized carbons (Fsp3) is 0.214. The van der Waals surface area contributed by atoms with Crippen LogP contribution >= 0.6 is 0 Å². The standard InChI is InChI=1S/C14H15F2NO2/c1-4-9-17-10(2)11(3)18-12-5-7-13(8-6-12)19-14(15)16/h4-9,14H,3H2,1-2H3/b9-4-,17-10?. The fourth-order valence-electron chi connectivity index (χ4n) is 1.16. The van der Waals surface area contributed by atoms with E-state index in [4.69, 9.17) is 4.74 Å². The lowest BCUT2D eigenvalue weighted by Crippen LogP contribution is -2.04. The van der Waals surface area contributed by atoms with E-state index in [0.29, 0.717) is 17.2 Å². The van der Waals surface area contributed by atoms with E-state index >= 15 is 0 Å². The molecule has 1 aromatic carbocycles. The summed E-state index contributed by atoms with van der Waals surface area (Å²) in [5.41, 5.74) is 0.631. The number of alkyl halides is 2. The summed E-state index contributed by atoms with van der Waals surface area (Å²) < 4.78 is 33.6. The van der Waals surface area contributed by atoms with E-state index in [0.717, 1.165) is 0 Å². The number of allylic oxidation sites excluding steroid dienone is 2. The van der Waals surface area contributed by atoms with Gasteiger partial charge in [-0.1, -0.05) is 12.7 Å². The summed E-state index contributed by atoms with van der Waals surface area (Å²) in [6.45, 7) is 4.51. The Labute approximate surface area is 110 Å². The van der Waals surface area contributed by atoms with Crippen molar-refractivity contribution in [1.29, 1.82) is 0 Å². The Bertz CT molecular complexity index is 479. The molecule has 0 unspecified atom stereocenters. The molecule has 0 saturated heterocycles. The number of rotatable bonds is 6. The molecule has 1 aromatic rings. The number of hydrogen-bond donors (Lipinski definition) is 0. The minimum absolute atomic E-state index is 0.0762. The Morgan fingerprint density at radius 3 is 2.37 bits per heavy atom. The van der Waals surface area contributed by atoms with Crippen molar-refractivity contribution >= 4 is 5.71 Å². The van der Waals surface area contributed by atoms with Crippen molar-refractivity contribution in [3.8, 4) is 11.5 Å². The summed E-state index contributed by atoms with van der Waals surface area (Å²) in [6.07, 6.45) is 3.41. The quantitative estimate of drug-likeness (QED) is 0.572. The molecular weight excluding hydrogens is 252 g/mol. The van der Waals surface area contributed by atoms with Gasteiger partial charge in [0.15, 0.2) is 0 Å². The summed E-state index contributed by atoms with van der Waals surface area (Å²) in [6, 6.07) is 5.83. The van der Waals surface area contributed by atoms with E-state index in [1.807, 2.05) is 6.92 Å². The third kappa shape index (κ3) is 5.33. The molecule has 0 aromatic heterocycles. The Kier molecular flexibility index (Phi) is 5.73. The molecule has 0 aliphatic carbocycles. The van der Waals surface area contributed by atoms with Crippen LogP contribution in [0.1, 0.15) is 13.8 Å². The number of aliphatic imine (C=N–C) groups is 1. The molecule has 0 aliphatic rings. The molecule has 0 fully saturated rings. The minimum atomic E-state index is -2.84. The molecule has 5 heteroatoms. The van der Waals surface area contributed by atoms with Crippen LogP contribution in [0.5, 0.6) is 11.5 Å². The number of ether oxygens (including phenoxy) is 2. The molecule has 0 N–H and O–H groups in total. The molecule has 0 amide bonds. The monoisotopic (exact) mass is 267 g/mol. The first-order valence-corrected chi connectivity index (χ1v) is 5.60. The molecule has 0 heterocycles. The number of hydrogen-bond acceptors (Lipinski definition) is 3. The Hall–Kier alpha value is -2.17. The highest BCUT2D eigenvalue weighted by molar-refractivity contribution is 5.96. The van der Waals surface area contributed by atoms with Gasteiger partial charge in [-0.3, -0.25) is 4.99 Å². The second-order valence-corrected chi connectivity index (χ2v) is 3.57. The third-order valence-corrected chi connectivity index (χ3v) is 2.11. The van der Waals surface area contributed by atoms with Crippen LogP contribution < -0.4 is 9.47 Å². The highest BCUT2D eigenvalue weighted by Crippen LogP contribution is 2.20. The second kappa shape index (κ2) is 7.31. The Morgan fingerprint density at radius 1 is 1.26 bits per heavy atom. The molecule has 0 spiro atoms. The van der Waals surface area contributed by atoms with Crippen LogP contribution in [0.3, 0.4) is 0 Å². The van der Waals surface area contributed by atoms with Gasteiger partial charge in [0.2, 0.25) is 0 Å². The lowest BCUT2D eigenvalue weighted by Gasteiger charge is -2.09. The van der Waals surface area contributed by atoms with Gasteiger partial charge in [-0.05, 0) is 38.1 Å². The van der Waals surface area contributed by atoms with Crippen molar-refractivity contribution in [2.75, 3.05) is 0 Å². The van der Waals surface area contributed by atoms with Crippen LogP contribution in [0, 0.1) is 0 Å². The zero-order valence-electron chi connectivity index (χ0n) is 10.8. The average molecular weight is 267 g/mol. The molecule has 1 rings (SSSR count). The van der Waals surface area contributed by atoms with E-state index in [-0.39, 0.29) is 5.75 Å². The summed E-state index contributed by atoms with van der Waals surface area (Å²) in [4.78, 5) is 4.08. The fourth-order valence-corrected chi connectivity index (χ4v) is 1.16. The summed E-state index contributed by atoms with van der Waals surface area (Å²) in [7, 11) is 0. The molecule has 19 heavy (non-hydrogen) atoms. The predicted molar refractivity (Wildman–Crippen MR) is 70.8 cm³/mol. The number of halogens is 2. The molecular formula is C14H15F2NO2. The van der Waals surface area contributed by atoms with Crippen molar-refractivity contribution in [3.05, 3.63) is 48.9 Å². The van der Waals surface area contributed by atoms with Crippen molar-refractivity contribution in [2.45, 2.75) is 20.5 Å². The molecule has 102 valence electrons. The molecule has 3 nitrogen and oxygen atoms in total. The maximum absolute atomic E-state index is 12.0. The van der Waals surface area contributed by atoms with E-state index < -0.39 is 6.61 Å². The normalized spacial score (nSPS) is 11.9. The zero-order valence-corrected chi connectivity index (χ0v) is 10.8. The van der Waals surface area contributed by atoms with Gasteiger partial charge in [0.1, 0.15) is 17.3 Å². The largest absolute Gasteiger partial charge is 0.456 e. The van der Waals surface area contributed by atoms with E-state index in [9.17, 15) is 8.78 Å². The predicted octanol–water partition coefficient (Wildman–Crippen LogP) is 4.18. The van der Waals surface area contributed by atoms with Gasteiger partial charge in [-0.25, -0.2) is 0 Å². The molecule has 0 atom stereocenters. The van der Waals surface area contributed by atoms with Crippen LogP contribution in [0.15, 0.2) is 53.9 Å². The van der Waals surface area contributed by atoms with E-state index in [1.165, 1.54) is 24.3 Å². The van der Waals surface area contributed by atoms with Crippen LogP contribution in [0.2, 0.25) is 0 Å². The van der Waals surface area contributed by atoms with Gasteiger partial charge in [-0.2, -0.15) is 8.78 Å². The lowest BCUT2D eigenvalue weighted by atomic mass is 10.3. The first-order valence-electron chi connectivity index (χ1n) is 5.60. The van der Waals surface area contributed by atoms with Gasteiger partial charge < -0.3 is 9.47 Å². The molecule has 0 saturated carbocycles. The Morgan fingerprint density at radius 2 is 1.84 bits per heavy atom. The highest BCUT2D eigenvalue weighted by atomic mass is 19.3. The van der Waals surface area contributed by atoms with Gasteiger partial charge in [-0.15, -0.1) is 0 Å². The van der Waals surface area contributed by atoms with Crippen LogP contribution in [0.25, 0.3) is 0 Å². The minimum Gasteiger partial charge on any atom is -0.456 e. The second-order valence-electron chi connectivity index (χ2n) is 3.57. The maximum Gasteiger partial charge on any atom is 0.387 e. The first-order chi connectivity index (χ1) is 9.02. The highest BCUT2D eigenvalue weighted by Gasteiger charge is 2.05. The van der Waals surface area contributed by atoms with Crippen LogP contribution in [-0.2, 0) is 0 Å². The molecule has 0 aliphatic heterocycles. The van der Waals surface area contributed by atoms with Crippen molar-refractivity contribution in [2.24, 2.45) is 4.99 Å². The summed E-state index contributed by atoms with van der Waals surface area (Å²) >= 11 is 0. The number of benzene rings is 1. The van der Waals surface area contributed by atoms with Gasteiger partial charge in [0.25, 0.3) is 0 Å². The van der Waals surface area contributed by atoms with Crippen molar-refractivity contribution in [3.63, 3.8) is 0 Å². The Balaban J connectivity index is 2.65. The number of nitrogens with zero attached hydrogens (tertiary/aromatic N) is 1. The SMILES string of the molecule is C=C(Oc1ccc(OC(F)F)cc1)C(C)=N/C=C\C. The van der Waals surface area contributed by atoms with Crippen molar-refractivity contribution in [1.82, 2.24) is 0 Å². The van der Waals surface area contributed by atoms with Gasteiger partial charge in [0.05, 0.1) is 5.71 Å². The van der Waals surface area contributed by atoms with E-state index in [2.05, 4.69) is 16.3 Å². The summed E-state index contributed by atoms with van der Waals surface area (Å²) in [5, 5.41) is 0. The third-order valence-electron chi connectivity index (χ3n) is 2.11.